The quantitative estimate of drug-likeness (QED) is 0.653. The molecule has 1 aromatic carbocycles. The van der Waals surface area contributed by atoms with Gasteiger partial charge >= 0.3 is 6.09 Å². The molecule has 2 fully saturated rings. The van der Waals surface area contributed by atoms with E-state index in [1.165, 1.54) is 12.1 Å². The average molecular weight is 436 g/mol. The largest absolute Gasteiger partial charge is 0.444 e. The Bertz CT molecular complexity index is 756. The Kier molecular flexibility index (Phi) is 7.32. The van der Waals surface area contributed by atoms with E-state index in [1.807, 2.05) is 20.8 Å². The van der Waals surface area contributed by atoms with Gasteiger partial charge in [0.2, 0.25) is 0 Å². The second-order valence-electron chi connectivity index (χ2n) is 10.5. The van der Waals surface area contributed by atoms with Crippen molar-refractivity contribution in [2.75, 3.05) is 7.11 Å². The van der Waals surface area contributed by atoms with Crippen LogP contribution in [-0.2, 0) is 9.47 Å². The standard InChI is InChI=1S/C25H38FNO4/c1-24(2,3)31-23(29)27-21(22(28)18-7-6-8-19(26)15-18)13-14-25(27,4)16-17-9-11-20(30-5)12-10-17/h6-8,15,17,20-22,28H,9-14,16H2,1-5H3/t17?,20?,21?,22-,25?/m0/s1. The third-order valence-electron chi connectivity index (χ3n) is 6.89. The number of carbonyl (C=O) groups is 1. The van der Waals surface area contributed by atoms with E-state index < -0.39 is 35.2 Å². The Hall–Kier alpha value is -1.66. The van der Waals surface area contributed by atoms with Crippen LogP contribution in [0.1, 0.15) is 84.3 Å². The summed E-state index contributed by atoms with van der Waals surface area (Å²) in [6.45, 7) is 7.66. The van der Waals surface area contributed by atoms with Crippen LogP contribution in [0.15, 0.2) is 24.3 Å². The molecule has 2 aliphatic rings. The summed E-state index contributed by atoms with van der Waals surface area (Å²) in [4.78, 5) is 15.1. The third kappa shape index (κ3) is 5.78. The van der Waals surface area contributed by atoms with Gasteiger partial charge in [-0.2, -0.15) is 0 Å². The Morgan fingerprint density at radius 1 is 1.26 bits per heavy atom. The van der Waals surface area contributed by atoms with Gasteiger partial charge < -0.3 is 14.6 Å². The van der Waals surface area contributed by atoms with Crippen LogP contribution in [0.2, 0.25) is 0 Å². The van der Waals surface area contributed by atoms with Crippen molar-refractivity contribution in [3.63, 3.8) is 0 Å². The maximum atomic E-state index is 13.8. The summed E-state index contributed by atoms with van der Waals surface area (Å²) in [6, 6.07) is 5.56. The van der Waals surface area contributed by atoms with Gasteiger partial charge in [-0.3, -0.25) is 4.90 Å². The van der Waals surface area contributed by atoms with Crippen molar-refractivity contribution in [3.8, 4) is 0 Å². The Morgan fingerprint density at radius 2 is 1.94 bits per heavy atom. The van der Waals surface area contributed by atoms with Crippen molar-refractivity contribution < 1.29 is 23.8 Å². The second kappa shape index (κ2) is 9.45. The number of likely N-dealkylation sites (tertiary alicyclic amines) is 1. The van der Waals surface area contributed by atoms with E-state index in [2.05, 4.69) is 6.92 Å². The van der Waals surface area contributed by atoms with Gasteiger partial charge in [0.15, 0.2) is 0 Å². The topological polar surface area (TPSA) is 59.0 Å². The fourth-order valence-electron chi connectivity index (χ4n) is 5.38. The molecule has 5 nitrogen and oxygen atoms in total. The predicted octanol–water partition coefficient (Wildman–Crippen LogP) is 5.61. The first-order valence-electron chi connectivity index (χ1n) is 11.5. The molecule has 0 bridgehead atoms. The molecule has 3 atom stereocenters. The maximum absolute atomic E-state index is 13.8. The van der Waals surface area contributed by atoms with Crippen molar-refractivity contribution in [3.05, 3.63) is 35.6 Å². The predicted molar refractivity (Wildman–Crippen MR) is 118 cm³/mol. The third-order valence-corrected chi connectivity index (χ3v) is 6.89. The molecule has 1 saturated heterocycles. The number of hydrogen-bond acceptors (Lipinski definition) is 4. The highest BCUT2D eigenvalue weighted by Crippen LogP contribution is 2.45. The number of rotatable bonds is 5. The minimum absolute atomic E-state index is 0.331. The van der Waals surface area contributed by atoms with Gasteiger partial charge in [0.25, 0.3) is 0 Å². The number of methoxy groups -OCH3 is 1. The lowest BCUT2D eigenvalue weighted by Gasteiger charge is -2.43. The van der Waals surface area contributed by atoms with Crippen LogP contribution in [0.3, 0.4) is 0 Å². The minimum atomic E-state index is -0.964. The van der Waals surface area contributed by atoms with E-state index in [1.54, 1.807) is 24.1 Å². The van der Waals surface area contributed by atoms with Crippen molar-refractivity contribution in [2.24, 2.45) is 5.92 Å². The second-order valence-corrected chi connectivity index (χ2v) is 10.5. The fourth-order valence-corrected chi connectivity index (χ4v) is 5.38. The maximum Gasteiger partial charge on any atom is 0.411 e. The van der Waals surface area contributed by atoms with Gasteiger partial charge in [-0.15, -0.1) is 0 Å². The summed E-state index contributed by atoms with van der Waals surface area (Å²) in [7, 11) is 1.77. The molecule has 2 unspecified atom stereocenters. The molecule has 0 aromatic heterocycles. The van der Waals surface area contributed by atoms with E-state index in [9.17, 15) is 14.3 Å². The highest BCUT2D eigenvalue weighted by atomic mass is 19.1. The molecular formula is C25H38FNO4. The first kappa shape index (κ1) is 24.0. The normalized spacial score (nSPS) is 30.3. The Balaban J connectivity index is 1.83. The summed E-state index contributed by atoms with van der Waals surface area (Å²) in [6.07, 6.45) is 5.51. The number of aliphatic hydroxyl groups excluding tert-OH is 1. The van der Waals surface area contributed by atoms with Crippen LogP contribution in [0, 0.1) is 11.7 Å². The highest BCUT2D eigenvalue weighted by Gasteiger charge is 2.50. The molecule has 3 rings (SSSR count). The molecular weight excluding hydrogens is 397 g/mol. The highest BCUT2D eigenvalue weighted by molar-refractivity contribution is 5.70. The Morgan fingerprint density at radius 3 is 2.52 bits per heavy atom. The number of aliphatic hydroxyl groups is 1. The zero-order chi connectivity index (χ0) is 22.8. The van der Waals surface area contributed by atoms with Crippen LogP contribution in [0.4, 0.5) is 9.18 Å². The molecule has 1 aliphatic heterocycles. The molecule has 31 heavy (non-hydrogen) atoms. The SMILES string of the molecule is COC1CCC(CC2(C)CCC([C@@H](O)c3cccc(F)c3)N2C(=O)OC(C)(C)C)CC1. The lowest BCUT2D eigenvalue weighted by molar-refractivity contribution is -0.0274. The number of amides is 1. The van der Waals surface area contributed by atoms with Crippen molar-refractivity contribution in [2.45, 2.75) is 102 Å². The summed E-state index contributed by atoms with van der Waals surface area (Å²) in [5.74, 6) is 0.113. The minimum Gasteiger partial charge on any atom is -0.444 e. The van der Waals surface area contributed by atoms with Gasteiger partial charge in [0.05, 0.1) is 18.2 Å². The monoisotopic (exact) mass is 435 g/mol. The van der Waals surface area contributed by atoms with Gasteiger partial charge in [0, 0.05) is 12.6 Å². The molecule has 1 heterocycles. The number of carbonyl (C=O) groups excluding carboxylic acids is 1. The van der Waals surface area contributed by atoms with Gasteiger partial charge in [0.1, 0.15) is 11.4 Å². The molecule has 1 N–H and O–H groups in total. The molecule has 1 saturated carbocycles. The van der Waals surface area contributed by atoms with Crippen LogP contribution in [-0.4, -0.2) is 46.5 Å². The van der Waals surface area contributed by atoms with Gasteiger partial charge in [-0.25, -0.2) is 9.18 Å². The van der Waals surface area contributed by atoms with Gasteiger partial charge in [-0.05, 0) is 96.3 Å². The molecule has 0 spiro atoms. The first-order chi connectivity index (χ1) is 14.5. The lowest BCUT2D eigenvalue weighted by Crippen LogP contribution is -2.53. The molecule has 174 valence electrons. The van der Waals surface area contributed by atoms with E-state index in [0.717, 1.165) is 38.5 Å². The first-order valence-corrected chi connectivity index (χ1v) is 11.5. The average Bonchev–Trinajstić information content (AvgIpc) is 3.03. The molecule has 0 radical (unpaired) electrons. The molecule has 6 heteroatoms. The van der Waals surface area contributed by atoms with Crippen molar-refractivity contribution in [1.29, 1.82) is 0 Å². The van der Waals surface area contributed by atoms with E-state index in [4.69, 9.17) is 9.47 Å². The number of ether oxygens (including phenoxy) is 2. The number of halogens is 1. The fraction of sp³-hybridized carbons (Fsp3) is 0.720. The lowest BCUT2D eigenvalue weighted by atomic mass is 9.78. The van der Waals surface area contributed by atoms with Crippen molar-refractivity contribution in [1.82, 2.24) is 4.90 Å². The van der Waals surface area contributed by atoms with Crippen LogP contribution in [0.25, 0.3) is 0 Å². The van der Waals surface area contributed by atoms with E-state index in [-0.39, 0.29) is 0 Å². The van der Waals surface area contributed by atoms with Gasteiger partial charge in [-0.1, -0.05) is 12.1 Å². The van der Waals surface area contributed by atoms with Crippen molar-refractivity contribution >= 4 is 6.09 Å². The summed E-state index contributed by atoms with van der Waals surface area (Å²) < 4.78 is 25.1. The van der Waals surface area contributed by atoms with Crippen LogP contribution >= 0.6 is 0 Å². The molecule has 1 amide bonds. The smallest absolute Gasteiger partial charge is 0.411 e. The number of nitrogens with zero attached hydrogens (tertiary/aromatic N) is 1. The zero-order valence-corrected chi connectivity index (χ0v) is 19.6. The Labute approximate surface area is 185 Å². The van der Waals surface area contributed by atoms with E-state index in [0.29, 0.717) is 24.0 Å². The molecule has 1 aromatic rings. The van der Waals surface area contributed by atoms with Crippen LogP contribution in [0.5, 0.6) is 0 Å². The van der Waals surface area contributed by atoms with E-state index >= 15 is 0 Å². The van der Waals surface area contributed by atoms with Crippen LogP contribution < -0.4 is 0 Å². The number of benzene rings is 1. The number of hydrogen-bond donors (Lipinski definition) is 1. The zero-order valence-electron chi connectivity index (χ0n) is 19.6. The molecule has 1 aliphatic carbocycles. The summed E-state index contributed by atoms with van der Waals surface area (Å²) in [5.41, 5.74) is -0.555. The summed E-state index contributed by atoms with van der Waals surface area (Å²) in [5, 5.41) is 11.1. The summed E-state index contributed by atoms with van der Waals surface area (Å²) >= 11 is 0.